The topological polar surface area (TPSA) is 120 Å². The summed E-state index contributed by atoms with van der Waals surface area (Å²) in [4.78, 5) is 27.5. The van der Waals surface area contributed by atoms with Crippen molar-refractivity contribution < 1.29 is 35.6 Å². The first-order valence-electron chi connectivity index (χ1n) is 12.0. The molecule has 15 heteroatoms. The highest BCUT2D eigenvalue weighted by molar-refractivity contribution is 7.92. The molecule has 0 spiro atoms. The minimum Gasteiger partial charge on any atom is -0.341 e. The summed E-state index contributed by atoms with van der Waals surface area (Å²) in [6.07, 6.45) is -0.579. The smallest absolute Gasteiger partial charge is 0.341 e. The van der Waals surface area contributed by atoms with Gasteiger partial charge in [-0.1, -0.05) is 23.2 Å². The fourth-order valence-corrected chi connectivity index (χ4v) is 6.88. The molecule has 1 unspecified atom stereocenters. The van der Waals surface area contributed by atoms with E-state index in [0.717, 1.165) is 25.0 Å². The number of benzene rings is 1. The number of carbonyl (C=O) groups excluding carboxylic acids is 2. The Morgan fingerprint density at radius 2 is 1.88 bits per heavy atom. The van der Waals surface area contributed by atoms with Crippen LogP contribution in [0.4, 0.5) is 17.6 Å². The van der Waals surface area contributed by atoms with E-state index in [2.05, 4.69) is 10.3 Å². The Labute approximate surface area is 237 Å². The Hall–Kier alpha value is -2.95. The summed E-state index contributed by atoms with van der Waals surface area (Å²) >= 11 is 11.6. The van der Waals surface area contributed by atoms with Gasteiger partial charge < -0.3 is 10.2 Å². The zero-order chi connectivity index (χ0) is 29.5. The number of amides is 2. The molecule has 0 bridgehead atoms. The van der Waals surface area contributed by atoms with Gasteiger partial charge in [-0.05, 0) is 56.4 Å². The molecule has 1 saturated heterocycles. The third-order valence-electron chi connectivity index (χ3n) is 7.16. The second-order valence-corrected chi connectivity index (χ2v) is 12.9. The standard InChI is InChI=1S/C20H16Cl2F4N2O3S.C5H6N2O/c21-12-8-15(23)17(27-9-12)19(4-5-19)18(29)28-6-3-13(10-28)32(30,31)16-7-11(20(24,25)26)1-2-14(16)22;6-3-5(1-2-5)7-4-8/h1-2,7-9,13H,3-6,10H2;4H,1-2H2,(H,7,8). The first kappa shape index (κ1) is 30.0. The summed E-state index contributed by atoms with van der Waals surface area (Å²) in [5.74, 6) is -1.18. The van der Waals surface area contributed by atoms with E-state index in [-0.39, 0.29) is 35.2 Å². The second kappa shape index (κ2) is 10.8. The van der Waals surface area contributed by atoms with Gasteiger partial charge in [-0.15, -0.1) is 0 Å². The Bertz CT molecular complexity index is 1490. The molecular formula is C25H22Cl2F4N4O4S. The lowest BCUT2D eigenvalue weighted by Gasteiger charge is -2.23. The first-order chi connectivity index (χ1) is 18.7. The average molecular weight is 621 g/mol. The lowest BCUT2D eigenvalue weighted by Crippen LogP contribution is -2.40. The van der Waals surface area contributed by atoms with Crippen molar-refractivity contribution in [3.63, 3.8) is 0 Å². The van der Waals surface area contributed by atoms with Gasteiger partial charge in [-0.2, -0.15) is 18.4 Å². The third kappa shape index (κ3) is 5.89. The van der Waals surface area contributed by atoms with Crippen molar-refractivity contribution in [3.8, 4) is 6.07 Å². The van der Waals surface area contributed by atoms with Gasteiger partial charge in [0.25, 0.3) is 0 Å². The van der Waals surface area contributed by atoms with E-state index in [1.165, 1.54) is 11.1 Å². The van der Waals surface area contributed by atoms with Crippen LogP contribution < -0.4 is 5.32 Å². The number of nitrogens with zero attached hydrogens (tertiary/aromatic N) is 3. The molecule has 1 atom stereocenters. The quantitative estimate of drug-likeness (QED) is 0.376. The van der Waals surface area contributed by atoms with Crippen molar-refractivity contribution in [3.05, 3.63) is 57.6 Å². The van der Waals surface area contributed by atoms with Gasteiger partial charge in [0.2, 0.25) is 12.3 Å². The van der Waals surface area contributed by atoms with Gasteiger partial charge in [0.15, 0.2) is 9.84 Å². The normalized spacial score (nSPS) is 20.5. The Morgan fingerprint density at radius 1 is 1.20 bits per heavy atom. The number of hydrogen-bond acceptors (Lipinski definition) is 6. The van der Waals surface area contributed by atoms with Crippen LogP contribution in [0.1, 0.15) is 43.4 Å². The maximum Gasteiger partial charge on any atom is 0.416 e. The predicted octanol–water partition coefficient (Wildman–Crippen LogP) is 4.44. The highest BCUT2D eigenvalue weighted by atomic mass is 35.5. The van der Waals surface area contributed by atoms with Crippen LogP contribution in [0.3, 0.4) is 0 Å². The molecule has 1 aliphatic heterocycles. The fourth-order valence-electron chi connectivity index (χ4n) is 4.52. The molecule has 2 aromatic rings. The molecule has 5 rings (SSSR count). The molecule has 1 N–H and O–H groups in total. The summed E-state index contributed by atoms with van der Waals surface area (Å²) in [5, 5.41) is 9.38. The molecule has 2 saturated carbocycles. The number of rotatable bonds is 6. The zero-order valence-electron chi connectivity index (χ0n) is 20.6. The van der Waals surface area contributed by atoms with Crippen molar-refractivity contribution in [1.29, 1.82) is 5.26 Å². The van der Waals surface area contributed by atoms with Gasteiger partial charge in [0.05, 0.1) is 42.9 Å². The average Bonchev–Trinajstić information content (AvgIpc) is 3.80. The van der Waals surface area contributed by atoms with E-state index in [0.29, 0.717) is 31.4 Å². The minimum absolute atomic E-state index is 0.0211. The predicted molar refractivity (Wildman–Crippen MR) is 136 cm³/mol. The van der Waals surface area contributed by atoms with Crippen LogP contribution in [0.15, 0.2) is 35.4 Å². The number of pyridine rings is 1. The second-order valence-electron chi connectivity index (χ2n) is 9.87. The van der Waals surface area contributed by atoms with Crippen LogP contribution in [-0.4, -0.2) is 54.5 Å². The number of nitrogens with one attached hydrogen (secondary N) is 1. The summed E-state index contributed by atoms with van der Waals surface area (Å²) in [6.45, 7) is -0.166. The van der Waals surface area contributed by atoms with Crippen LogP contribution >= 0.6 is 23.2 Å². The number of hydrogen-bond donors (Lipinski definition) is 1. The molecule has 1 aromatic heterocycles. The molecule has 2 heterocycles. The number of aromatic nitrogens is 1. The number of sulfone groups is 1. The lowest BCUT2D eigenvalue weighted by atomic mass is 9.99. The summed E-state index contributed by atoms with van der Waals surface area (Å²) < 4.78 is 79.6. The number of halogens is 6. The Balaban J connectivity index is 0.000000398. The molecule has 1 aromatic carbocycles. The maximum absolute atomic E-state index is 14.4. The third-order valence-corrected chi connectivity index (χ3v) is 10.0. The largest absolute Gasteiger partial charge is 0.416 e. The van der Waals surface area contributed by atoms with Crippen molar-refractivity contribution in [2.45, 2.75) is 59.4 Å². The van der Waals surface area contributed by atoms with Crippen molar-refractivity contribution in [1.82, 2.24) is 15.2 Å². The highest BCUT2D eigenvalue weighted by Gasteiger charge is 2.57. The maximum atomic E-state index is 14.4. The van der Waals surface area contributed by atoms with Crippen LogP contribution in [0, 0.1) is 17.1 Å². The minimum atomic E-state index is -4.74. The van der Waals surface area contributed by atoms with Crippen LogP contribution in [0.25, 0.3) is 0 Å². The molecule has 40 heavy (non-hydrogen) atoms. The van der Waals surface area contributed by atoms with E-state index < -0.39 is 54.4 Å². The van der Waals surface area contributed by atoms with Crippen LogP contribution in [0.2, 0.25) is 10.0 Å². The van der Waals surface area contributed by atoms with Crippen molar-refractivity contribution in [2.75, 3.05) is 13.1 Å². The Morgan fingerprint density at radius 3 is 2.38 bits per heavy atom. The molecule has 2 amide bonds. The van der Waals surface area contributed by atoms with Crippen LogP contribution in [0.5, 0.6) is 0 Å². The SMILES string of the molecule is N#CC1(NC=O)CC1.O=C(N1CCC(S(=O)(=O)c2cc(C(F)(F)F)ccc2Cl)C1)C1(c2ncc(Cl)cc2F)CC1. The molecule has 8 nitrogen and oxygen atoms in total. The molecule has 2 aliphatic carbocycles. The summed E-state index contributed by atoms with van der Waals surface area (Å²) in [5.41, 5.74) is -2.82. The van der Waals surface area contributed by atoms with Gasteiger partial charge in [-0.25, -0.2) is 12.8 Å². The van der Waals surface area contributed by atoms with Gasteiger partial charge in [0, 0.05) is 19.3 Å². The van der Waals surface area contributed by atoms with Crippen molar-refractivity contribution in [2.24, 2.45) is 0 Å². The monoisotopic (exact) mass is 620 g/mol. The highest BCUT2D eigenvalue weighted by Crippen LogP contribution is 2.50. The van der Waals surface area contributed by atoms with E-state index in [1.807, 2.05) is 6.07 Å². The summed E-state index contributed by atoms with van der Waals surface area (Å²) in [7, 11) is -4.26. The van der Waals surface area contributed by atoms with Crippen LogP contribution in [-0.2, 0) is 31.0 Å². The van der Waals surface area contributed by atoms with Gasteiger partial charge >= 0.3 is 6.18 Å². The zero-order valence-corrected chi connectivity index (χ0v) is 23.0. The first-order valence-corrected chi connectivity index (χ1v) is 14.3. The fraction of sp³-hybridized carbons (Fsp3) is 0.440. The number of carbonyl (C=O) groups is 2. The molecular weight excluding hydrogens is 599 g/mol. The number of alkyl halides is 3. The summed E-state index contributed by atoms with van der Waals surface area (Å²) in [6, 6.07) is 5.18. The van der Waals surface area contributed by atoms with Gasteiger partial charge in [0.1, 0.15) is 11.4 Å². The van der Waals surface area contributed by atoms with E-state index in [1.54, 1.807) is 0 Å². The van der Waals surface area contributed by atoms with Gasteiger partial charge in [-0.3, -0.25) is 14.6 Å². The molecule has 0 radical (unpaired) electrons. The van der Waals surface area contributed by atoms with Crippen molar-refractivity contribution >= 4 is 45.4 Å². The lowest BCUT2D eigenvalue weighted by molar-refractivity contribution is -0.137. The van der Waals surface area contributed by atoms with E-state index in [9.17, 15) is 35.6 Å². The number of likely N-dealkylation sites (tertiary alicyclic amines) is 1. The molecule has 214 valence electrons. The molecule has 3 fully saturated rings. The Kier molecular flexibility index (Phi) is 8.10. The number of nitriles is 1. The van der Waals surface area contributed by atoms with E-state index >= 15 is 0 Å². The molecule has 3 aliphatic rings. The van der Waals surface area contributed by atoms with E-state index in [4.69, 9.17) is 28.5 Å².